The number of methoxy groups -OCH3 is 1. The summed E-state index contributed by atoms with van der Waals surface area (Å²) in [6, 6.07) is 15.9. The molecule has 0 unspecified atom stereocenters. The Morgan fingerprint density at radius 2 is 1.74 bits per heavy atom. The van der Waals surface area contributed by atoms with Crippen molar-refractivity contribution in [2.24, 2.45) is 0 Å². The number of hydrogen-bond acceptors (Lipinski definition) is 5. The first-order valence-electron chi connectivity index (χ1n) is 9.81. The fourth-order valence-electron chi connectivity index (χ4n) is 3.15. The topological polar surface area (TPSA) is 101 Å². The highest BCUT2D eigenvalue weighted by Gasteiger charge is 2.16. The van der Waals surface area contributed by atoms with Crippen molar-refractivity contribution < 1.29 is 9.53 Å². The molecule has 0 aliphatic heterocycles. The van der Waals surface area contributed by atoms with E-state index in [1.807, 2.05) is 24.3 Å². The average molecular weight is 417 g/mol. The number of carbonyl (C=O) groups excluding carboxylic acids is 1. The zero-order valence-corrected chi connectivity index (χ0v) is 17.8. The molecular formula is C23H23N5O3. The lowest BCUT2D eigenvalue weighted by atomic mass is 9.87. The van der Waals surface area contributed by atoms with Gasteiger partial charge in [-0.05, 0) is 35.2 Å². The number of fused-ring (bicyclic) bond motifs is 1. The van der Waals surface area contributed by atoms with E-state index in [-0.39, 0.29) is 28.5 Å². The van der Waals surface area contributed by atoms with Crippen molar-refractivity contribution >= 4 is 17.5 Å². The van der Waals surface area contributed by atoms with E-state index in [9.17, 15) is 9.59 Å². The number of nitrogens with one attached hydrogen (secondary N) is 2. The van der Waals surface area contributed by atoms with E-state index >= 15 is 0 Å². The number of benzene rings is 2. The van der Waals surface area contributed by atoms with Crippen LogP contribution in [0.2, 0.25) is 0 Å². The van der Waals surface area contributed by atoms with Gasteiger partial charge in [0, 0.05) is 17.2 Å². The number of anilines is 1. The van der Waals surface area contributed by atoms with E-state index in [1.165, 1.54) is 16.1 Å². The van der Waals surface area contributed by atoms with Crippen LogP contribution in [-0.4, -0.2) is 32.6 Å². The predicted octanol–water partition coefficient (Wildman–Crippen LogP) is 3.64. The average Bonchev–Trinajstić information content (AvgIpc) is 3.17. The van der Waals surface area contributed by atoms with Crippen molar-refractivity contribution in [3.8, 4) is 17.1 Å². The minimum Gasteiger partial charge on any atom is -0.497 e. The van der Waals surface area contributed by atoms with Crippen molar-refractivity contribution in [2.75, 3.05) is 12.4 Å². The summed E-state index contributed by atoms with van der Waals surface area (Å²) in [5.74, 6) is 1.19. The normalized spacial score (nSPS) is 11.5. The summed E-state index contributed by atoms with van der Waals surface area (Å²) in [6.07, 6.45) is 0. The Bertz CT molecular complexity index is 1300. The Balaban J connectivity index is 1.68. The van der Waals surface area contributed by atoms with Gasteiger partial charge in [0.15, 0.2) is 5.82 Å². The number of aromatic nitrogens is 4. The Hall–Kier alpha value is -3.94. The van der Waals surface area contributed by atoms with Crippen LogP contribution >= 0.6 is 0 Å². The smallest absolute Gasteiger partial charge is 0.256 e. The van der Waals surface area contributed by atoms with Crippen LogP contribution in [0.5, 0.6) is 5.75 Å². The summed E-state index contributed by atoms with van der Waals surface area (Å²) >= 11 is 0. The molecule has 4 rings (SSSR count). The van der Waals surface area contributed by atoms with Crippen LogP contribution in [0.3, 0.4) is 0 Å². The number of carbonyl (C=O) groups is 1. The lowest BCUT2D eigenvalue weighted by Crippen LogP contribution is -2.18. The standard InChI is InChI=1S/C23H23N5O3/c1-23(2,3)16-9-5-14(6-10-16)20-26-22-25-19(29)13-18(28(22)27-20)24-21(30)15-7-11-17(31-4)12-8-15/h5-13H,1-4H3,(H,24,30)(H,25,26,27,29). The van der Waals surface area contributed by atoms with Crippen molar-refractivity contribution in [3.63, 3.8) is 0 Å². The molecule has 0 saturated carbocycles. The largest absolute Gasteiger partial charge is 0.497 e. The number of hydrogen-bond donors (Lipinski definition) is 2. The molecule has 0 bridgehead atoms. The van der Waals surface area contributed by atoms with Gasteiger partial charge >= 0.3 is 0 Å². The van der Waals surface area contributed by atoms with E-state index in [1.54, 1.807) is 31.4 Å². The van der Waals surface area contributed by atoms with Crippen molar-refractivity contribution in [1.82, 2.24) is 19.6 Å². The van der Waals surface area contributed by atoms with Crippen molar-refractivity contribution in [3.05, 3.63) is 76.1 Å². The molecule has 31 heavy (non-hydrogen) atoms. The SMILES string of the molecule is COc1ccc(C(=O)Nc2cc(=O)[nH]c3nc(-c4ccc(C(C)(C)C)cc4)nn23)cc1. The van der Waals surface area contributed by atoms with Crippen LogP contribution in [-0.2, 0) is 5.41 Å². The van der Waals surface area contributed by atoms with Gasteiger partial charge < -0.3 is 10.1 Å². The molecule has 0 fully saturated rings. The van der Waals surface area contributed by atoms with Crippen molar-refractivity contribution in [2.45, 2.75) is 26.2 Å². The highest BCUT2D eigenvalue weighted by Crippen LogP contribution is 2.25. The number of amides is 1. The van der Waals surface area contributed by atoms with Gasteiger partial charge in [-0.3, -0.25) is 14.6 Å². The number of ether oxygens (including phenoxy) is 1. The Morgan fingerprint density at radius 1 is 1.06 bits per heavy atom. The number of nitrogens with zero attached hydrogens (tertiary/aromatic N) is 3. The molecule has 2 aromatic heterocycles. The molecule has 0 saturated heterocycles. The second-order valence-electron chi connectivity index (χ2n) is 8.20. The maximum absolute atomic E-state index is 12.7. The molecular weight excluding hydrogens is 394 g/mol. The van der Waals surface area contributed by atoms with Crippen LogP contribution in [0.4, 0.5) is 5.82 Å². The summed E-state index contributed by atoms with van der Waals surface area (Å²) in [5.41, 5.74) is 2.08. The molecule has 2 N–H and O–H groups in total. The summed E-state index contributed by atoms with van der Waals surface area (Å²) < 4.78 is 6.52. The van der Waals surface area contributed by atoms with Gasteiger partial charge in [-0.2, -0.15) is 9.50 Å². The highest BCUT2D eigenvalue weighted by atomic mass is 16.5. The highest BCUT2D eigenvalue weighted by molar-refractivity contribution is 6.03. The second kappa shape index (κ2) is 7.71. The molecule has 0 spiro atoms. The molecule has 0 atom stereocenters. The van der Waals surface area contributed by atoms with Gasteiger partial charge in [-0.25, -0.2) is 0 Å². The quantitative estimate of drug-likeness (QED) is 0.528. The summed E-state index contributed by atoms with van der Waals surface area (Å²) in [7, 11) is 1.56. The van der Waals surface area contributed by atoms with Crippen LogP contribution < -0.4 is 15.6 Å². The Labute approximate surface area is 178 Å². The summed E-state index contributed by atoms with van der Waals surface area (Å²) in [5, 5.41) is 7.22. The Kier molecular flexibility index (Phi) is 5.06. The van der Waals surface area contributed by atoms with Gasteiger partial charge in [-0.15, -0.1) is 5.10 Å². The first-order valence-corrected chi connectivity index (χ1v) is 9.81. The molecule has 2 aromatic carbocycles. The van der Waals surface area contributed by atoms with E-state index in [4.69, 9.17) is 4.74 Å². The molecule has 158 valence electrons. The fraction of sp³-hybridized carbons (Fsp3) is 0.217. The van der Waals surface area contributed by atoms with Gasteiger partial charge in [0.2, 0.25) is 5.78 Å². The first kappa shape index (κ1) is 20.3. The first-order chi connectivity index (χ1) is 14.7. The molecule has 0 aliphatic carbocycles. The monoisotopic (exact) mass is 417 g/mol. The molecule has 8 nitrogen and oxygen atoms in total. The third kappa shape index (κ3) is 4.18. The second-order valence-corrected chi connectivity index (χ2v) is 8.20. The van der Waals surface area contributed by atoms with E-state index < -0.39 is 0 Å². The molecule has 4 aromatic rings. The van der Waals surface area contributed by atoms with Gasteiger partial charge in [0.1, 0.15) is 11.6 Å². The summed E-state index contributed by atoms with van der Waals surface area (Å²) in [4.78, 5) is 31.8. The van der Waals surface area contributed by atoms with Gasteiger partial charge in [0.05, 0.1) is 7.11 Å². The zero-order valence-electron chi connectivity index (χ0n) is 17.8. The van der Waals surface area contributed by atoms with Crippen LogP contribution in [0.15, 0.2) is 59.4 Å². The van der Waals surface area contributed by atoms with Crippen LogP contribution in [0.25, 0.3) is 17.2 Å². The van der Waals surface area contributed by atoms with Gasteiger partial charge in [-0.1, -0.05) is 45.0 Å². The maximum Gasteiger partial charge on any atom is 0.256 e. The molecule has 1 amide bonds. The fourth-order valence-corrected chi connectivity index (χ4v) is 3.15. The van der Waals surface area contributed by atoms with Gasteiger partial charge in [0.25, 0.3) is 11.5 Å². The van der Waals surface area contributed by atoms with E-state index in [0.29, 0.717) is 17.1 Å². The van der Waals surface area contributed by atoms with E-state index in [0.717, 1.165) is 5.56 Å². The number of aromatic amines is 1. The summed E-state index contributed by atoms with van der Waals surface area (Å²) in [6.45, 7) is 6.44. The van der Waals surface area contributed by atoms with E-state index in [2.05, 4.69) is 41.2 Å². The van der Waals surface area contributed by atoms with Crippen LogP contribution in [0, 0.1) is 0 Å². The minimum absolute atomic E-state index is 0.0367. The Morgan fingerprint density at radius 3 is 2.35 bits per heavy atom. The lowest BCUT2D eigenvalue weighted by molar-refractivity contribution is 0.102. The maximum atomic E-state index is 12.7. The third-order valence-corrected chi connectivity index (χ3v) is 4.94. The van der Waals surface area contributed by atoms with Crippen LogP contribution in [0.1, 0.15) is 36.7 Å². The van der Waals surface area contributed by atoms with Crippen molar-refractivity contribution in [1.29, 1.82) is 0 Å². The third-order valence-electron chi connectivity index (χ3n) is 4.94. The minimum atomic E-state index is -0.389. The lowest BCUT2D eigenvalue weighted by Gasteiger charge is -2.18. The zero-order chi connectivity index (χ0) is 22.2. The number of H-pyrrole nitrogens is 1. The molecule has 8 heteroatoms. The predicted molar refractivity (Wildman–Crippen MR) is 119 cm³/mol. The number of rotatable bonds is 4. The molecule has 2 heterocycles. The molecule has 0 aliphatic rings. The molecule has 0 radical (unpaired) electrons.